The second kappa shape index (κ2) is 9.85. The van der Waals surface area contributed by atoms with Crippen LogP contribution in [0.4, 0.5) is 11.6 Å². The van der Waals surface area contributed by atoms with Crippen molar-refractivity contribution in [3.8, 4) is 5.75 Å². The van der Waals surface area contributed by atoms with E-state index < -0.39 is 0 Å². The van der Waals surface area contributed by atoms with Gasteiger partial charge < -0.3 is 14.5 Å². The summed E-state index contributed by atoms with van der Waals surface area (Å²) in [6, 6.07) is 10.2. The molecule has 2 saturated heterocycles. The largest absolute Gasteiger partial charge is 0.493 e. The van der Waals surface area contributed by atoms with Crippen LogP contribution in [0.2, 0.25) is 0 Å². The topological polar surface area (TPSA) is 74.2 Å². The van der Waals surface area contributed by atoms with Crippen LogP contribution in [0.5, 0.6) is 5.75 Å². The van der Waals surface area contributed by atoms with E-state index in [1.165, 1.54) is 0 Å². The van der Waals surface area contributed by atoms with Gasteiger partial charge in [-0.3, -0.25) is 14.7 Å². The van der Waals surface area contributed by atoms with Crippen molar-refractivity contribution in [2.45, 2.75) is 32.2 Å². The van der Waals surface area contributed by atoms with E-state index in [9.17, 15) is 4.79 Å². The molecule has 4 heterocycles. The Morgan fingerprint density at radius 3 is 2.64 bits per heavy atom. The van der Waals surface area contributed by atoms with Crippen molar-refractivity contribution >= 4 is 34.5 Å². The molecule has 1 aromatic heterocycles. The zero-order valence-corrected chi connectivity index (χ0v) is 20.8. The minimum absolute atomic E-state index is 0.0991. The molecule has 0 saturated carbocycles. The first kappa shape index (κ1) is 22.9. The van der Waals surface area contributed by atoms with Gasteiger partial charge in [0.1, 0.15) is 5.75 Å². The van der Waals surface area contributed by atoms with Gasteiger partial charge in [-0.25, -0.2) is 9.97 Å². The highest BCUT2D eigenvalue weighted by Gasteiger charge is 2.31. The van der Waals surface area contributed by atoms with Crippen LogP contribution < -0.4 is 9.64 Å². The number of anilines is 1. The number of carbonyl (C=O) groups excluding carboxylic acids is 1. The van der Waals surface area contributed by atoms with Crippen molar-refractivity contribution < 1.29 is 9.53 Å². The molecule has 3 aliphatic rings. The monoisotopic (exact) mass is 484 g/mol. The number of nitrogens with zero attached hydrogens (tertiary/aromatic N) is 6. The van der Waals surface area contributed by atoms with Crippen LogP contribution in [0.1, 0.15) is 35.2 Å². The molecule has 1 amide bonds. The third kappa shape index (κ3) is 4.53. The van der Waals surface area contributed by atoms with E-state index in [0.717, 1.165) is 92.3 Å². The van der Waals surface area contributed by atoms with Crippen LogP contribution in [0, 0.1) is 6.92 Å². The molecule has 36 heavy (non-hydrogen) atoms. The lowest BCUT2D eigenvalue weighted by Crippen LogP contribution is -2.47. The first-order valence-corrected chi connectivity index (χ1v) is 13.0. The molecule has 3 aromatic rings. The molecule has 186 valence electrons. The first-order chi connectivity index (χ1) is 17.7. The molecule has 6 rings (SSSR count). The Kier molecular flexibility index (Phi) is 6.27. The molecule has 8 heteroatoms. The molecule has 0 unspecified atom stereocenters. The Bertz CT molecular complexity index is 1290. The van der Waals surface area contributed by atoms with Gasteiger partial charge in [-0.2, -0.15) is 0 Å². The standard InChI is InChI=1S/C28H32N6O2/c1-20-15-21-16-24-25(31-19-23-5-2-9-34(23)27(24)35)17-22(21)18-26(20)36-14-4-8-32-10-12-33(13-11-32)28-29-6-3-7-30-28/h3,6-7,15-19,23H,2,4-5,8-14H2,1H3/t23-/m0/s1. The molecular formula is C28H32N6O2. The van der Waals surface area contributed by atoms with Gasteiger partial charge in [0.25, 0.3) is 5.91 Å². The van der Waals surface area contributed by atoms with Gasteiger partial charge in [0, 0.05) is 57.9 Å². The second-order valence-electron chi connectivity index (χ2n) is 9.90. The lowest BCUT2D eigenvalue weighted by molar-refractivity contribution is 0.0775. The van der Waals surface area contributed by atoms with Gasteiger partial charge in [-0.1, -0.05) is 0 Å². The Morgan fingerprint density at radius 1 is 1.00 bits per heavy atom. The average molecular weight is 485 g/mol. The fourth-order valence-corrected chi connectivity index (χ4v) is 5.48. The Labute approximate surface area is 211 Å². The van der Waals surface area contributed by atoms with Crippen molar-refractivity contribution in [2.75, 3.05) is 50.8 Å². The van der Waals surface area contributed by atoms with E-state index in [2.05, 4.69) is 43.8 Å². The van der Waals surface area contributed by atoms with Crippen molar-refractivity contribution in [1.82, 2.24) is 19.8 Å². The number of aryl methyl sites for hydroxylation is 1. The van der Waals surface area contributed by atoms with Crippen LogP contribution in [0.25, 0.3) is 10.8 Å². The minimum Gasteiger partial charge on any atom is -0.493 e. The maximum Gasteiger partial charge on any atom is 0.256 e. The SMILES string of the molecule is Cc1cc2cc3c(cc2cc1OCCCN1CCN(c2ncccn2)CC1)N=C[C@@H]1CCCN1C3=O. The third-order valence-electron chi connectivity index (χ3n) is 7.51. The Morgan fingerprint density at radius 2 is 1.81 bits per heavy atom. The van der Waals surface area contributed by atoms with Gasteiger partial charge in [0.2, 0.25) is 5.95 Å². The number of fused-ring (bicyclic) bond motifs is 3. The zero-order chi connectivity index (χ0) is 24.5. The molecule has 3 aliphatic heterocycles. The van der Waals surface area contributed by atoms with E-state index in [1.54, 1.807) is 12.4 Å². The van der Waals surface area contributed by atoms with E-state index in [4.69, 9.17) is 4.74 Å². The summed E-state index contributed by atoms with van der Waals surface area (Å²) in [5.41, 5.74) is 2.55. The van der Waals surface area contributed by atoms with Gasteiger partial charge >= 0.3 is 0 Å². The molecule has 1 atom stereocenters. The van der Waals surface area contributed by atoms with Gasteiger partial charge in [-0.05, 0) is 72.9 Å². The summed E-state index contributed by atoms with van der Waals surface area (Å²) in [5, 5.41) is 2.11. The van der Waals surface area contributed by atoms with Crippen molar-refractivity contribution in [3.63, 3.8) is 0 Å². The fourth-order valence-electron chi connectivity index (χ4n) is 5.48. The summed E-state index contributed by atoms with van der Waals surface area (Å²) in [4.78, 5) is 33.2. The molecular weight excluding hydrogens is 452 g/mol. The predicted molar refractivity (Wildman–Crippen MR) is 142 cm³/mol. The molecule has 8 nitrogen and oxygen atoms in total. The lowest BCUT2D eigenvalue weighted by Gasteiger charge is -2.34. The predicted octanol–water partition coefficient (Wildman–Crippen LogP) is 3.85. The summed E-state index contributed by atoms with van der Waals surface area (Å²) in [6.45, 7) is 8.49. The smallest absolute Gasteiger partial charge is 0.256 e. The zero-order valence-electron chi connectivity index (χ0n) is 20.8. The highest BCUT2D eigenvalue weighted by atomic mass is 16.5. The van der Waals surface area contributed by atoms with E-state index >= 15 is 0 Å². The van der Waals surface area contributed by atoms with Crippen LogP contribution in [0.15, 0.2) is 47.7 Å². The normalized spacial score (nSPS) is 19.9. The fraction of sp³-hybridized carbons (Fsp3) is 0.429. The number of piperazine rings is 1. The van der Waals surface area contributed by atoms with E-state index in [1.807, 2.05) is 29.3 Å². The summed E-state index contributed by atoms with van der Waals surface area (Å²) in [6.07, 6.45) is 8.56. The number of benzene rings is 2. The number of rotatable bonds is 6. The second-order valence-corrected chi connectivity index (χ2v) is 9.90. The van der Waals surface area contributed by atoms with Crippen molar-refractivity contribution in [2.24, 2.45) is 4.99 Å². The highest BCUT2D eigenvalue weighted by Crippen LogP contribution is 2.34. The maximum atomic E-state index is 13.1. The number of aromatic nitrogens is 2. The first-order valence-electron chi connectivity index (χ1n) is 13.0. The number of amides is 1. The van der Waals surface area contributed by atoms with E-state index in [0.29, 0.717) is 12.2 Å². The molecule has 0 radical (unpaired) electrons. The van der Waals surface area contributed by atoms with Gasteiger partial charge in [0.15, 0.2) is 0 Å². The van der Waals surface area contributed by atoms with Crippen LogP contribution in [-0.2, 0) is 0 Å². The Hall–Kier alpha value is -3.52. The van der Waals surface area contributed by atoms with Gasteiger partial charge in [-0.15, -0.1) is 0 Å². The summed E-state index contributed by atoms with van der Waals surface area (Å²) in [7, 11) is 0. The molecule has 2 fully saturated rings. The number of aliphatic imine (C=N–C) groups is 1. The number of hydrogen-bond acceptors (Lipinski definition) is 7. The Balaban J connectivity index is 1.07. The molecule has 0 bridgehead atoms. The van der Waals surface area contributed by atoms with Crippen LogP contribution >= 0.6 is 0 Å². The highest BCUT2D eigenvalue weighted by molar-refractivity contribution is 6.06. The summed E-state index contributed by atoms with van der Waals surface area (Å²) < 4.78 is 6.21. The molecule has 0 N–H and O–H groups in total. The molecule has 0 aliphatic carbocycles. The van der Waals surface area contributed by atoms with Crippen LogP contribution in [0.3, 0.4) is 0 Å². The lowest BCUT2D eigenvalue weighted by atomic mass is 10.0. The molecule has 2 aromatic carbocycles. The summed E-state index contributed by atoms with van der Waals surface area (Å²) >= 11 is 0. The van der Waals surface area contributed by atoms with Crippen molar-refractivity contribution in [1.29, 1.82) is 0 Å². The average Bonchev–Trinajstić information content (AvgIpc) is 3.34. The van der Waals surface area contributed by atoms with E-state index in [-0.39, 0.29) is 11.9 Å². The number of ether oxygens (including phenoxy) is 1. The maximum absolute atomic E-state index is 13.1. The molecule has 0 spiro atoms. The number of hydrogen-bond donors (Lipinski definition) is 0. The number of carbonyl (C=O) groups is 1. The van der Waals surface area contributed by atoms with Crippen molar-refractivity contribution in [3.05, 3.63) is 53.9 Å². The quantitative estimate of drug-likeness (QED) is 0.495. The third-order valence-corrected chi connectivity index (χ3v) is 7.51. The minimum atomic E-state index is 0.0991. The summed E-state index contributed by atoms with van der Waals surface area (Å²) in [5.74, 6) is 1.82. The van der Waals surface area contributed by atoms with Crippen LogP contribution in [-0.4, -0.2) is 83.8 Å². The van der Waals surface area contributed by atoms with Gasteiger partial charge in [0.05, 0.1) is 23.9 Å².